The molecule has 1 fully saturated rings. The summed E-state index contributed by atoms with van der Waals surface area (Å²) in [5.74, 6) is 0.392. The molecule has 1 saturated heterocycles. The molecule has 0 bridgehead atoms. The Hall–Kier alpha value is -1.90. The van der Waals surface area contributed by atoms with E-state index in [-0.39, 0.29) is 18.0 Å². The number of sulfonamides is 1. The minimum atomic E-state index is -3.48. The summed E-state index contributed by atoms with van der Waals surface area (Å²) < 4.78 is 33.1. The number of aromatic hydroxyl groups is 1. The standard InChI is InChI=1S/C17H17NO5S2/c19-12-3-4-13-14(20)11-17(23-15(13)10-12)5-7-18(8-6-17)25(21,22)16-2-1-9-24-16/h1-4,9-10,19H,5-8,11H2. The van der Waals surface area contributed by atoms with Crippen LogP contribution >= 0.6 is 11.3 Å². The van der Waals surface area contributed by atoms with Crippen LogP contribution in [0, 0.1) is 0 Å². The van der Waals surface area contributed by atoms with E-state index >= 15 is 0 Å². The van der Waals surface area contributed by atoms with Gasteiger partial charge in [-0.05, 0) is 23.6 Å². The SMILES string of the molecule is O=C1CC2(CCN(S(=O)(=O)c3cccs3)CC2)Oc2cc(O)ccc21. The molecule has 0 atom stereocenters. The molecule has 0 amide bonds. The fourth-order valence-electron chi connectivity index (χ4n) is 3.43. The number of benzene rings is 1. The molecule has 1 N–H and O–H groups in total. The van der Waals surface area contributed by atoms with Crippen LogP contribution in [0.15, 0.2) is 39.9 Å². The molecule has 6 nitrogen and oxygen atoms in total. The van der Waals surface area contributed by atoms with Crippen LogP contribution in [-0.4, -0.2) is 42.3 Å². The fraction of sp³-hybridized carbons (Fsp3) is 0.353. The molecule has 1 aromatic carbocycles. The minimum Gasteiger partial charge on any atom is -0.508 e. The highest BCUT2D eigenvalue weighted by atomic mass is 32.2. The van der Waals surface area contributed by atoms with Gasteiger partial charge < -0.3 is 9.84 Å². The first-order valence-corrected chi connectivity index (χ1v) is 10.3. The van der Waals surface area contributed by atoms with Crippen LogP contribution < -0.4 is 4.74 Å². The Kier molecular flexibility index (Phi) is 3.86. The quantitative estimate of drug-likeness (QED) is 0.867. The number of hydrogen-bond acceptors (Lipinski definition) is 6. The molecular weight excluding hydrogens is 362 g/mol. The Morgan fingerprint density at radius 3 is 2.64 bits per heavy atom. The molecule has 0 unspecified atom stereocenters. The maximum atomic E-state index is 12.6. The van der Waals surface area contributed by atoms with Crippen LogP contribution in [0.25, 0.3) is 0 Å². The number of hydrogen-bond donors (Lipinski definition) is 1. The highest BCUT2D eigenvalue weighted by Gasteiger charge is 2.45. The monoisotopic (exact) mass is 379 g/mol. The molecule has 3 heterocycles. The Labute approximate surface area is 149 Å². The largest absolute Gasteiger partial charge is 0.508 e. The summed E-state index contributed by atoms with van der Waals surface area (Å²) in [7, 11) is -3.48. The maximum absolute atomic E-state index is 12.6. The summed E-state index contributed by atoms with van der Waals surface area (Å²) in [5, 5.41) is 11.4. The van der Waals surface area contributed by atoms with Gasteiger partial charge in [-0.3, -0.25) is 4.79 Å². The number of phenolic OH excluding ortho intramolecular Hbond substituents is 1. The molecule has 132 valence electrons. The lowest BCUT2D eigenvalue weighted by Gasteiger charge is -2.43. The molecule has 8 heteroatoms. The Balaban J connectivity index is 1.55. The number of rotatable bonds is 2. The molecule has 2 aliphatic rings. The molecule has 0 aliphatic carbocycles. The lowest BCUT2D eigenvalue weighted by molar-refractivity contribution is 0.00582. The van der Waals surface area contributed by atoms with Crippen LogP contribution in [0.5, 0.6) is 11.5 Å². The number of carbonyl (C=O) groups excluding carboxylic acids is 1. The number of ether oxygens (including phenoxy) is 1. The number of nitrogens with zero attached hydrogens (tertiary/aromatic N) is 1. The Morgan fingerprint density at radius 2 is 1.96 bits per heavy atom. The second-order valence-electron chi connectivity index (χ2n) is 6.40. The summed E-state index contributed by atoms with van der Waals surface area (Å²) in [6.45, 7) is 0.614. The third-order valence-corrected chi connectivity index (χ3v) is 8.07. The highest BCUT2D eigenvalue weighted by Crippen LogP contribution is 2.41. The van der Waals surface area contributed by atoms with Crippen molar-refractivity contribution in [3.8, 4) is 11.5 Å². The van der Waals surface area contributed by atoms with Gasteiger partial charge in [-0.15, -0.1) is 11.3 Å². The predicted molar refractivity (Wildman–Crippen MR) is 92.7 cm³/mol. The Bertz CT molecular complexity index is 913. The number of phenols is 1. The third-order valence-electron chi connectivity index (χ3n) is 4.80. The molecule has 2 aromatic rings. The highest BCUT2D eigenvalue weighted by molar-refractivity contribution is 7.91. The summed E-state index contributed by atoms with van der Waals surface area (Å²) >= 11 is 1.20. The average Bonchev–Trinajstić information content (AvgIpc) is 3.10. The van der Waals surface area contributed by atoms with Crippen molar-refractivity contribution < 1.29 is 23.1 Å². The van der Waals surface area contributed by atoms with Gasteiger partial charge in [-0.2, -0.15) is 4.31 Å². The molecule has 0 saturated carbocycles. The fourth-order valence-corrected chi connectivity index (χ4v) is 6.02. The van der Waals surface area contributed by atoms with Crippen molar-refractivity contribution in [1.29, 1.82) is 0 Å². The number of ketones is 1. The van der Waals surface area contributed by atoms with Crippen LogP contribution in [0.4, 0.5) is 0 Å². The molecular formula is C17H17NO5S2. The number of fused-ring (bicyclic) bond motifs is 1. The first-order valence-electron chi connectivity index (χ1n) is 7.99. The molecule has 1 spiro atoms. The maximum Gasteiger partial charge on any atom is 0.252 e. The van der Waals surface area contributed by atoms with Gasteiger partial charge in [0.25, 0.3) is 10.0 Å². The second-order valence-corrected chi connectivity index (χ2v) is 9.51. The lowest BCUT2D eigenvalue weighted by Crippen LogP contribution is -2.52. The first-order chi connectivity index (χ1) is 11.9. The van der Waals surface area contributed by atoms with Gasteiger partial charge in [-0.25, -0.2) is 8.42 Å². The zero-order valence-corrected chi connectivity index (χ0v) is 15.0. The molecule has 25 heavy (non-hydrogen) atoms. The van der Waals surface area contributed by atoms with Gasteiger partial charge in [0.15, 0.2) is 5.78 Å². The smallest absolute Gasteiger partial charge is 0.252 e. The van der Waals surface area contributed by atoms with Crippen LogP contribution in [-0.2, 0) is 10.0 Å². The van der Waals surface area contributed by atoms with Gasteiger partial charge in [0.1, 0.15) is 21.3 Å². The van der Waals surface area contributed by atoms with Crippen molar-refractivity contribution in [1.82, 2.24) is 4.31 Å². The van der Waals surface area contributed by atoms with E-state index in [4.69, 9.17) is 4.74 Å². The van der Waals surface area contributed by atoms with Crippen LogP contribution in [0.2, 0.25) is 0 Å². The van der Waals surface area contributed by atoms with Crippen LogP contribution in [0.3, 0.4) is 0 Å². The Morgan fingerprint density at radius 1 is 1.20 bits per heavy atom. The normalized spacial score (nSPS) is 20.2. The average molecular weight is 379 g/mol. The zero-order valence-electron chi connectivity index (χ0n) is 13.3. The summed E-state index contributed by atoms with van der Waals surface area (Å²) in [6.07, 6.45) is 1.12. The van der Waals surface area contributed by atoms with Crippen LogP contribution in [0.1, 0.15) is 29.6 Å². The summed E-state index contributed by atoms with van der Waals surface area (Å²) in [5.41, 5.74) is -0.226. The van der Waals surface area contributed by atoms with E-state index in [1.165, 1.54) is 27.8 Å². The molecule has 1 aromatic heterocycles. The van der Waals surface area contributed by atoms with Gasteiger partial charge in [0.2, 0.25) is 0 Å². The summed E-state index contributed by atoms with van der Waals surface area (Å²) in [6, 6.07) is 7.80. The van der Waals surface area contributed by atoms with Gasteiger partial charge in [0.05, 0.1) is 12.0 Å². The number of piperidine rings is 1. The van der Waals surface area contributed by atoms with Crippen molar-refractivity contribution in [3.63, 3.8) is 0 Å². The third kappa shape index (κ3) is 2.84. The molecule has 4 rings (SSSR count). The number of carbonyl (C=O) groups is 1. The first kappa shape index (κ1) is 16.6. The van der Waals surface area contributed by atoms with E-state index in [0.29, 0.717) is 41.5 Å². The van der Waals surface area contributed by atoms with E-state index < -0.39 is 15.6 Å². The summed E-state index contributed by atoms with van der Waals surface area (Å²) in [4.78, 5) is 12.4. The van der Waals surface area contributed by atoms with Crippen molar-refractivity contribution in [2.75, 3.05) is 13.1 Å². The predicted octanol–water partition coefficient (Wildman–Crippen LogP) is 2.64. The van der Waals surface area contributed by atoms with E-state index in [9.17, 15) is 18.3 Å². The van der Waals surface area contributed by atoms with Crippen molar-refractivity contribution in [2.45, 2.75) is 29.1 Å². The number of thiophene rings is 1. The zero-order chi connectivity index (χ0) is 17.7. The minimum absolute atomic E-state index is 0.0317. The van der Waals surface area contributed by atoms with Gasteiger partial charge >= 0.3 is 0 Å². The van der Waals surface area contributed by atoms with Gasteiger partial charge in [0, 0.05) is 32.0 Å². The van der Waals surface area contributed by atoms with E-state index in [2.05, 4.69) is 0 Å². The van der Waals surface area contributed by atoms with Crippen molar-refractivity contribution in [2.24, 2.45) is 0 Å². The van der Waals surface area contributed by atoms with E-state index in [0.717, 1.165) is 0 Å². The molecule has 0 radical (unpaired) electrons. The number of Topliss-reactive ketones (excluding diaryl/α,β-unsaturated/α-hetero) is 1. The van der Waals surface area contributed by atoms with E-state index in [1.807, 2.05) is 0 Å². The van der Waals surface area contributed by atoms with Gasteiger partial charge in [-0.1, -0.05) is 6.07 Å². The lowest BCUT2D eigenvalue weighted by atomic mass is 9.83. The second kappa shape index (κ2) is 5.82. The van der Waals surface area contributed by atoms with Crippen molar-refractivity contribution in [3.05, 3.63) is 41.3 Å². The van der Waals surface area contributed by atoms with E-state index in [1.54, 1.807) is 23.6 Å². The van der Waals surface area contributed by atoms with Crippen molar-refractivity contribution >= 4 is 27.1 Å². The topological polar surface area (TPSA) is 83.9 Å². The molecule has 2 aliphatic heterocycles.